The molecule has 0 fully saturated rings. The first kappa shape index (κ1) is 12.0. The summed E-state index contributed by atoms with van der Waals surface area (Å²) in [4.78, 5) is 35.5. The summed E-state index contributed by atoms with van der Waals surface area (Å²) in [6.07, 6.45) is -0.343. The van der Waals surface area contributed by atoms with Gasteiger partial charge in [-0.05, 0) is 0 Å². The Kier molecular flexibility index (Phi) is 9.11. The van der Waals surface area contributed by atoms with E-state index in [1.807, 2.05) is 0 Å². The van der Waals surface area contributed by atoms with Gasteiger partial charge in [-0.1, -0.05) is 0 Å². The van der Waals surface area contributed by atoms with Crippen LogP contribution < -0.4 is 0 Å². The number of carboxylic acids is 2. The van der Waals surface area contributed by atoms with Crippen LogP contribution in [0.2, 0.25) is 0 Å². The van der Waals surface area contributed by atoms with Gasteiger partial charge in [0.05, 0.1) is 12.8 Å². The molecule has 0 saturated heterocycles. The molecule has 0 aliphatic heterocycles. The monoisotopic (exact) mass is 162 g/mol. The molecule has 62 valence electrons. The molecule has 0 amide bonds. The topological polar surface area (TPSA) is 109 Å². The van der Waals surface area contributed by atoms with Crippen molar-refractivity contribution in [3.8, 4) is 0 Å². The molecule has 0 heterocycles. The van der Waals surface area contributed by atoms with Gasteiger partial charge in [-0.15, -0.1) is 0 Å². The Morgan fingerprint density at radius 2 is 1.18 bits per heavy atom. The van der Waals surface area contributed by atoms with E-state index >= 15 is 0 Å². The highest BCUT2D eigenvalue weighted by Gasteiger charge is 2.00. The van der Waals surface area contributed by atoms with Crippen molar-refractivity contribution in [2.75, 3.05) is 0 Å². The quantitative estimate of drug-likeness (QED) is 0.570. The van der Waals surface area contributed by atoms with Gasteiger partial charge in [-0.25, -0.2) is 0 Å². The van der Waals surface area contributed by atoms with Crippen LogP contribution in [0.3, 0.4) is 0 Å². The van der Waals surface area contributed by atoms with Crippen molar-refractivity contribution in [2.24, 2.45) is 0 Å². The summed E-state index contributed by atoms with van der Waals surface area (Å²) in [5.74, 6) is -2.15. The first-order valence-corrected chi connectivity index (χ1v) is 2.47. The van der Waals surface area contributed by atoms with Gasteiger partial charge in [0, 0.05) is 0 Å². The first-order chi connectivity index (χ1) is 5.04. The Morgan fingerprint density at radius 1 is 1.00 bits per heavy atom. The molecular formula is C5H6O6. The van der Waals surface area contributed by atoms with E-state index in [9.17, 15) is 9.59 Å². The summed E-state index contributed by atoms with van der Waals surface area (Å²) < 4.78 is 0. The standard InChI is InChI=1S/C4H6O4.CO2/c5-3(6)1-2-4(7)8;2-1-3/h1-2H2,(H,5,6)(H,7,8);. The molecule has 0 radical (unpaired) electrons. The van der Waals surface area contributed by atoms with Crippen molar-refractivity contribution >= 4 is 18.1 Å². The molecule has 0 aromatic rings. The fourth-order valence-electron chi connectivity index (χ4n) is 0.214. The smallest absolute Gasteiger partial charge is 0.373 e. The summed E-state index contributed by atoms with van der Waals surface area (Å²) in [6.45, 7) is 0. The predicted molar refractivity (Wildman–Crippen MR) is 29.5 cm³/mol. The fourth-order valence-corrected chi connectivity index (χ4v) is 0.214. The maximum atomic E-state index is 9.64. The Morgan fingerprint density at radius 3 is 1.27 bits per heavy atom. The number of hydrogen-bond donors (Lipinski definition) is 2. The summed E-state index contributed by atoms with van der Waals surface area (Å²) in [5.41, 5.74) is 0. The summed E-state index contributed by atoms with van der Waals surface area (Å²) in [6, 6.07) is 0. The lowest BCUT2D eigenvalue weighted by Gasteiger charge is -1.85. The van der Waals surface area contributed by atoms with Crippen LogP contribution >= 0.6 is 0 Å². The molecule has 0 unspecified atom stereocenters. The third kappa shape index (κ3) is 30.1. The second kappa shape index (κ2) is 8.32. The second-order valence-corrected chi connectivity index (χ2v) is 1.37. The van der Waals surface area contributed by atoms with E-state index in [4.69, 9.17) is 19.8 Å². The number of carboxylic acid groups (broad SMARTS) is 2. The number of carbonyl (C=O) groups excluding carboxylic acids is 2. The Labute approximate surface area is 61.4 Å². The zero-order valence-corrected chi connectivity index (χ0v) is 5.44. The Balaban J connectivity index is 0. The van der Waals surface area contributed by atoms with Gasteiger partial charge in [-0.2, -0.15) is 9.59 Å². The van der Waals surface area contributed by atoms with Crippen molar-refractivity contribution in [3.63, 3.8) is 0 Å². The molecule has 0 spiro atoms. The lowest BCUT2D eigenvalue weighted by molar-refractivity contribution is -0.191. The third-order valence-electron chi connectivity index (χ3n) is 0.553. The van der Waals surface area contributed by atoms with E-state index in [1.54, 1.807) is 0 Å². The molecule has 0 bridgehead atoms. The maximum Gasteiger partial charge on any atom is 0.373 e. The minimum absolute atomic E-state index is 0.250. The lowest BCUT2D eigenvalue weighted by atomic mass is 10.3. The summed E-state index contributed by atoms with van der Waals surface area (Å²) in [5, 5.41) is 15.8. The van der Waals surface area contributed by atoms with Gasteiger partial charge in [0.15, 0.2) is 0 Å². The van der Waals surface area contributed by atoms with E-state index in [2.05, 4.69) is 0 Å². The molecule has 0 rings (SSSR count). The molecule has 6 nitrogen and oxygen atoms in total. The normalized spacial score (nSPS) is 6.91. The minimum Gasteiger partial charge on any atom is -0.481 e. The zero-order chi connectivity index (χ0) is 9.28. The number of aliphatic carboxylic acids is 2. The van der Waals surface area contributed by atoms with Crippen LogP contribution in [0, 0.1) is 0 Å². The van der Waals surface area contributed by atoms with Gasteiger partial charge in [-0.3, -0.25) is 9.59 Å². The number of carbonyl (C=O) groups is 2. The van der Waals surface area contributed by atoms with E-state index in [0.29, 0.717) is 0 Å². The molecule has 0 saturated carbocycles. The molecule has 2 N–H and O–H groups in total. The second-order valence-electron chi connectivity index (χ2n) is 1.37. The molecule has 0 atom stereocenters. The minimum atomic E-state index is -1.08. The van der Waals surface area contributed by atoms with E-state index < -0.39 is 11.9 Å². The van der Waals surface area contributed by atoms with Crippen LogP contribution in [0.5, 0.6) is 0 Å². The van der Waals surface area contributed by atoms with Crippen molar-refractivity contribution < 1.29 is 29.4 Å². The molecule has 0 aromatic carbocycles. The number of hydrogen-bond acceptors (Lipinski definition) is 4. The van der Waals surface area contributed by atoms with Crippen molar-refractivity contribution in [2.45, 2.75) is 12.8 Å². The van der Waals surface area contributed by atoms with Crippen molar-refractivity contribution in [3.05, 3.63) is 0 Å². The van der Waals surface area contributed by atoms with E-state index in [0.717, 1.165) is 0 Å². The van der Waals surface area contributed by atoms with Crippen LogP contribution in [0.25, 0.3) is 0 Å². The summed E-state index contributed by atoms with van der Waals surface area (Å²) >= 11 is 0. The summed E-state index contributed by atoms with van der Waals surface area (Å²) in [7, 11) is 0. The van der Waals surface area contributed by atoms with E-state index in [-0.39, 0.29) is 19.0 Å². The molecule has 0 aliphatic carbocycles. The van der Waals surface area contributed by atoms with Crippen LogP contribution in [0.1, 0.15) is 12.8 Å². The average molecular weight is 162 g/mol. The average Bonchev–Trinajstić information content (AvgIpc) is 1.85. The van der Waals surface area contributed by atoms with Crippen molar-refractivity contribution in [1.29, 1.82) is 0 Å². The van der Waals surface area contributed by atoms with Crippen LogP contribution in [0.4, 0.5) is 0 Å². The van der Waals surface area contributed by atoms with Gasteiger partial charge in [0.1, 0.15) is 0 Å². The zero-order valence-electron chi connectivity index (χ0n) is 5.44. The van der Waals surface area contributed by atoms with Gasteiger partial charge in [0.25, 0.3) is 0 Å². The number of rotatable bonds is 3. The van der Waals surface area contributed by atoms with Crippen molar-refractivity contribution in [1.82, 2.24) is 0 Å². The molecule has 0 aliphatic rings. The largest absolute Gasteiger partial charge is 0.481 e. The van der Waals surface area contributed by atoms with Gasteiger partial charge >= 0.3 is 18.1 Å². The SMILES string of the molecule is O=C(O)CCC(=O)O.O=C=O. The van der Waals surface area contributed by atoms with Gasteiger partial charge in [0.2, 0.25) is 0 Å². The lowest BCUT2D eigenvalue weighted by Crippen LogP contribution is -2.00. The molecular weight excluding hydrogens is 156 g/mol. The Bertz CT molecular complexity index is 152. The third-order valence-corrected chi connectivity index (χ3v) is 0.553. The Hall–Kier alpha value is -1.68. The highest BCUT2D eigenvalue weighted by Crippen LogP contribution is 1.85. The van der Waals surface area contributed by atoms with E-state index in [1.165, 1.54) is 0 Å². The fraction of sp³-hybridized carbons (Fsp3) is 0.400. The van der Waals surface area contributed by atoms with Crippen LogP contribution in [-0.4, -0.2) is 28.3 Å². The first-order valence-electron chi connectivity index (χ1n) is 2.47. The van der Waals surface area contributed by atoms with Crippen LogP contribution in [0.15, 0.2) is 0 Å². The highest BCUT2D eigenvalue weighted by molar-refractivity contribution is 5.75. The maximum absolute atomic E-state index is 9.64. The molecule has 11 heavy (non-hydrogen) atoms. The van der Waals surface area contributed by atoms with Gasteiger partial charge < -0.3 is 10.2 Å². The molecule has 0 aromatic heterocycles. The highest BCUT2D eigenvalue weighted by atomic mass is 16.4. The molecule has 6 heteroatoms. The predicted octanol–water partition coefficient (Wildman–Crippen LogP) is -0.648. The van der Waals surface area contributed by atoms with Crippen LogP contribution in [-0.2, 0) is 19.2 Å².